The van der Waals surface area contributed by atoms with Crippen molar-refractivity contribution in [1.82, 2.24) is 14.6 Å². The van der Waals surface area contributed by atoms with E-state index in [1.807, 2.05) is 4.90 Å². The Balaban J connectivity index is 1.88. The van der Waals surface area contributed by atoms with Crippen LogP contribution in [0.4, 0.5) is 10.2 Å². The van der Waals surface area contributed by atoms with Crippen LogP contribution in [0.15, 0.2) is 29.2 Å². The van der Waals surface area contributed by atoms with Gasteiger partial charge in [0.2, 0.25) is 0 Å². The van der Waals surface area contributed by atoms with Gasteiger partial charge in [-0.05, 0) is 43.5 Å². The van der Waals surface area contributed by atoms with Gasteiger partial charge >= 0.3 is 5.97 Å². The zero-order valence-electron chi connectivity index (χ0n) is 17.0. The van der Waals surface area contributed by atoms with Crippen molar-refractivity contribution < 1.29 is 13.9 Å². The van der Waals surface area contributed by atoms with Gasteiger partial charge in [0.25, 0.3) is 5.56 Å². The number of aromatic nitrogens is 3. The number of aromatic amines is 1. The van der Waals surface area contributed by atoms with E-state index in [2.05, 4.69) is 10.1 Å². The van der Waals surface area contributed by atoms with E-state index in [1.54, 1.807) is 6.92 Å². The Bertz CT molecular complexity index is 1190. The summed E-state index contributed by atoms with van der Waals surface area (Å²) >= 11 is 6.29. The van der Waals surface area contributed by atoms with Gasteiger partial charge in [-0.15, -0.1) is 5.10 Å². The number of fused-ring (bicyclic) bond motifs is 1. The van der Waals surface area contributed by atoms with Gasteiger partial charge < -0.3 is 20.4 Å². The summed E-state index contributed by atoms with van der Waals surface area (Å²) in [7, 11) is 0. The summed E-state index contributed by atoms with van der Waals surface area (Å²) in [6, 6.07) is 4.10. The maximum absolute atomic E-state index is 13.9. The molecule has 0 bridgehead atoms. The van der Waals surface area contributed by atoms with Gasteiger partial charge in [0, 0.05) is 36.1 Å². The minimum atomic E-state index is -0.645. The van der Waals surface area contributed by atoms with Gasteiger partial charge in [0.1, 0.15) is 17.0 Å². The van der Waals surface area contributed by atoms with Crippen LogP contribution in [-0.4, -0.2) is 46.3 Å². The number of piperidine rings is 1. The van der Waals surface area contributed by atoms with Gasteiger partial charge in [-0.2, -0.15) is 0 Å². The van der Waals surface area contributed by atoms with Crippen molar-refractivity contribution in [3.63, 3.8) is 0 Å². The SMILES string of the molecule is CCOC(=O)c1cn2nc(N3CCC[C@@H](N)C3)c(Cc3cc(F)ccc3Cl)c2c(=O)[nH]1. The number of nitrogens with zero attached hydrogens (tertiary/aromatic N) is 3. The molecule has 1 saturated heterocycles. The van der Waals surface area contributed by atoms with Gasteiger partial charge in [-0.25, -0.2) is 13.7 Å². The smallest absolute Gasteiger partial charge is 0.356 e. The molecule has 10 heteroatoms. The number of hydrogen-bond donors (Lipinski definition) is 2. The van der Waals surface area contributed by atoms with Crippen LogP contribution in [0.5, 0.6) is 0 Å². The quantitative estimate of drug-likeness (QED) is 0.582. The highest BCUT2D eigenvalue weighted by molar-refractivity contribution is 6.31. The summed E-state index contributed by atoms with van der Waals surface area (Å²) in [5.74, 6) is -0.494. The third-order valence-corrected chi connectivity index (χ3v) is 5.70. The number of H-pyrrole nitrogens is 1. The molecule has 0 unspecified atom stereocenters. The molecule has 0 spiro atoms. The molecule has 0 radical (unpaired) electrons. The predicted molar refractivity (Wildman–Crippen MR) is 115 cm³/mol. The summed E-state index contributed by atoms with van der Waals surface area (Å²) in [6.45, 7) is 3.17. The number of hydrogen-bond acceptors (Lipinski definition) is 6. The molecule has 0 amide bonds. The first-order valence-electron chi connectivity index (χ1n) is 10.1. The first-order chi connectivity index (χ1) is 14.9. The fourth-order valence-electron chi connectivity index (χ4n) is 3.93. The summed E-state index contributed by atoms with van der Waals surface area (Å²) < 4.78 is 20.2. The summed E-state index contributed by atoms with van der Waals surface area (Å²) in [5.41, 5.74) is 7.06. The molecule has 31 heavy (non-hydrogen) atoms. The molecule has 3 aromatic rings. The molecular weight excluding hydrogens is 425 g/mol. The number of ether oxygens (including phenoxy) is 1. The molecule has 0 aliphatic carbocycles. The van der Waals surface area contributed by atoms with E-state index in [-0.39, 0.29) is 30.3 Å². The standard InChI is InChI=1S/C21H23ClFN5O3/c1-2-31-21(30)17-11-28-18(20(29)25-17)15(9-12-8-13(23)5-6-16(12)22)19(26-28)27-7-3-4-14(24)10-27/h5-6,8,11,14H,2-4,7,9-10,24H2,1H3,(H,25,29)/t14-/m1/s1. The summed E-state index contributed by atoms with van der Waals surface area (Å²) in [6.07, 6.45) is 3.42. The number of halogens is 2. The van der Waals surface area contributed by atoms with Crippen LogP contribution in [0.1, 0.15) is 41.4 Å². The molecule has 1 aliphatic heterocycles. The number of anilines is 1. The topological polar surface area (TPSA) is 106 Å². The zero-order chi connectivity index (χ0) is 22.1. The lowest BCUT2D eigenvalue weighted by Gasteiger charge is -2.31. The molecule has 3 N–H and O–H groups in total. The number of rotatable bonds is 5. The maximum atomic E-state index is 13.9. The van der Waals surface area contributed by atoms with Crippen LogP contribution < -0.4 is 16.2 Å². The molecule has 164 valence electrons. The fraction of sp³-hybridized carbons (Fsp3) is 0.381. The zero-order valence-corrected chi connectivity index (χ0v) is 17.8. The van der Waals surface area contributed by atoms with E-state index in [0.717, 1.165) is 19.4 Å². The predicted octanol–water partition coefficient (Wildman–Crippen LogP) is 2.51. The fourth-order valence-corrected chi connectivity index (χ4v) is 4.11. The largest absolute Gasteiger partial charge is 0.461 e. The van der Waals surface area contributed by atoms with E-state index in [4.69, 9.17) is 22.1 Å². The van der Waals surface area contributed by atoms with Crippen molar-refractivity contribution in [3.05, 3.63) is 62.4 Å². The van der Waals surface area contributed by atoms with Crippen LogP contribution in [0, 0.1) is 5.82 Å². The van der Waals surface area contributed by atoms with Crippen LogP contribution in [0.3, 0.4) is 0 Å². The monoisotopic (exact) mass is 447 g/mol. The summed E-state index contributed by atoms with van der Waals surface area (Å²) in [5, 5.41) is 5.00. The van der Waals surface area contributed by atoms with E-state index in [9.17, 15) is 14.0 Å². The summed E-state index contributed by atoms with van der Waals surface area (Å²) in [4.78, 5) is 29.7. The lowest BCUT2D eigenvalue weighted by Crippen LogP contribution is -2.43. The van der Waals surface area contributed by atoms with Gasteiger partial charge in [0.15, 0.2) is 5.82 Å². The second-order valence-electron chi connectivity index (χ2n) is 7.57. The molecule has 1 fully saturated rings. The van der Waals surface area contributed by atoms with Crippen molar-refractivity contribution in [2.75, 3.05) is 24.6 Å². The first-order valence-corrected chi connectivity index (χ1v) is 10.5. The Labute approximate surface area is 182 Å². The molecule has 2 aromatic heterocycles. The van der Waals surface area contributed by atoms with Crippen LogP contribution >= 0.6 is 11.6 Å². The van der Waals surface area contributed by atoms with E-state index in [0.29, 0.717) is 28.5 Å². The lowest BCUT2D eigenvalue weighted by molar-refractivity contribution is 0.0518. The number of carbonyl (C=O) groups is 1. The Kier molecular flexibility index (Phi) is 5.97. The van der Waals surface area contributed by atoms with Gasteiger partial charge in [-0.3, -0.25) is 4.79 Å². The minimum Gasteiger partial charge on any atom is -0.461 e. The Morgan fingerprint density at radius 1 is 1.45 bits per heavy atom. The minimum absolute atomic E-state index is 0.000849. The second kappa shape index (κ2) is 8.68. The maximum Gasteiger partial charge on any atom is 0.356 e. The number of carbonyl (C=O) groups excluding carboxylic acids is 1. The molecule has 4 rings (SSSR count). The molecule has 1 atom stereocenters. The molecule has 8 nitrogen and oxygen atoms in total. The highest BCUT2D eigenvalue weighted by atomic mass is 35.5. The molecule has 0 saturated carbocycles. The third-order valence-electron chi connectivity index (χ3n) is 5.33. The normalized spacial score (nSPS) is 16.6. The average Bonchev–Trinajstić information content (AvgIpc) is 3.10. The van der Waals surface area contributed by atoms with Crippen molar-refractivity contribution in [1.29, 1.82) is 0 Å². The van der Waals surface area contributed by atoms with E-state index in [1.165, 1.54) is 28.9 Å². The van der Waals surface area contributed by atoms with Crippen molar-refractivity contribution >= 4 is 28.9 Å². The molecular formula is C21H23ClFN5O3. The average molecular weight is 448 g/mol. The van der Waals surface area contributed by atoms with E-state index >= 15 is 0 Å². The number of benzene rings is 1. The van der Waals surface area contributed by atoms with Gasteiger partial charge in [0.05, 0.1) is 12.8 Å². The molecule has 3 heterocycles. The number of nitrogens with two attached hydrogens (primary N) is 1. The Morgan fingerprint density at radius 3 is 3.00 bits per heavy atom. The van der Waals surface area contributed by atoms with Crippen molar-refractivity contribution in [2.45, 2.75) is 32.2 Å². The second-order valence-corrected chi connectivity index (χ2v) is 7.98. The first kappa shape index (κ1) is 21.3. The number of nitrogens with one attached hydrogen (secondary N) is 1. The lowest BCUT2D eigenvalue weighted by atomic mass is 10.0. The van der Waals surface area contributed by atoms with Crippen LogP contribution in [-0.2, 0) is 11.2 Å². The van der Waals surface area contributed by atoms with Crippen molar-refractivity contribution in [3.8, 4) is 0 Å². The van der Waals surface area contributed by atoms with Crippen molar-refractivity contribution in [2.24, 2.45) is 5.73 Å². The number of esters is 1. The molecule has 1 aliphatic rings. The Hall–Kier alpha value is -2.91. The highest BCUT2D eigenvalue weighted by Gasteiger charge is 2.26. The van der Waals surface area contributed by atoms with E-state index < -0.39 is 17.3 Å². The van der Waals surface area contributed by atoms with Crippen LogP contribution in [0.2, 0.25) is 5.02 Å². The third kappa shape index (κ3) is 4.28. The molecule has 1 aromatic carbocycles. The Morgan fingerprint density at radius 2 is 2.26 bits per heavy atom. The van der Waals surface area contributed by atoms with Crippen LogP contribution in [0.25, 0.3) is 5.52 Å². The van der Waals surface area contributed by atoms with Gasteiger partial charge in [-0.1, -0.05) is 11.6 Å². The highest BCUT2D eigenvalue weighted by Crippen LogP contribution is 2.30.